The van der Waals surface area contributed by atoms with Gasteiger partial charge in [-0.25, -0.2) is 9.78 Å². The molecule has 2 heterocycles. The molecule has 0 bridgehead atoms. The molecule has 0 saturated heterocycles. The zero-order chi connectivity index (χ0) is 18.2. The number of aryl methyl sites for hydroxylation is 1. The molecule has 126 valence electrons. The Bertz CT molecular complexity index is 1140. The highest BCUT2D eigenvalue weighted by Crippen LogP contribution is 2.27. The minimum Gasteiger partial charge on any atom is -0.378 e. The first kappa shape index (κ1) is 16.7. The standard InChI is InChI=1S/C19H17N3O3/c1-11-13(8-7-12(20-11)9-10-19(2,3)25)14-5-4-6-15-16(14)21-18(24)22-17(15)23/h4-8,25H,1-3H3,(H2,21,22,23,24). The third kappa shape index (κ3) is 3.52. The fraction of sp³-hybridized carbons (Fsp3) is 0.211. The highest BCUT2D eigenvalue weighted by Gasteiger charge is 2.11. The van der Waals surface area contributed by atoms with Crippen molar-refractivity contribution in [3.63, 3.8) is 0 Å². The van der Waals surface area contributed by atoms with Gasteiger partial charge in [0.05, 0.1) is 10.9 Å². The summed E-state index contributed by atoms with van der Waals surface area (Å²) >= 11 is 0. The van der Waals surface area contributed by atoms with Crippen LogP contribution >= 0.6 is 0 Å². The maximum atomic E-state index is 12.0. The van der Waals surface area contributed by atoms with Crippen molar-refractivity contribution >= 4 is 10.9 Å². The minimum atomic E-state index is -1.09. The molecule has 3 rings (SSSR count). The molecule has 6 heteroatoms. The Morgan fingerprint density at radius 1 is 1.08 bits per heavy atom. The van der Waals surface area contributed by atoms with Gasteiger partial charge in [0.2, 0.25) is 0 Å². The van der Waals surface area contributed by atoms with Crippen molar-refractivity contribution in [1.29, 1.82) is 0 Å². The quantitative estimate of drug-likeness (QED) is 0.590. The summed E-state index contributed by atoms with van der Waals surface area (Å²) in [7, 11) is 0. The molecule has 0 unspecified atom stereocenters. The van der Waals surface area contributed by atoms with E-state index in [1.54, 1.807) is 32.0 Å². The molecule has 0 radical (unpaired) electrons. The Labute approximate surface area is 143 Å². The monoisotopic (exact) mass is 335 g/mol. The van der Waals surface area contributed by atoms with E-state index in [2.05, 4.69) is 26.8 Å². The fourth-order valence-electron chi connectivity index (χ4n) is 2.55. The molecule has 0 atom stereocenters. The maximum Gasteiger partial charge on any atom is 0.326 e. The van der Waals surface area contributed by atoms with Gasteiger partial charge in [0.25, 0.3) is 5.56 Å². The lowest BCUT2D eigenvalue weighted by Gasteiger charge is -2.09. The van der Waals surface area contributed by atoms with Crippen LogP contribution in [-0.2, 0) is 0 Å². The number of fused-ring (bicyclic) bond motifs is 1. The molecule has 3 N–H and O–H groups in total. The van der Waals surface area contributed by atoms with Gasteiger partial charge in [0.1, 0.15) is 11.3 Å². The number of benzene rings is 1. The molecule has 0 saturated carbocycles. The van der Waals surface area contributed by atoms with E-state index in [-0.39, 0.29) is 0 Å². The average molecular weight is 335 g/mol. The number of pyridine rings is 1. The van der Waals surface area contributed by atoms with Gasteiger partial charge < -0.3 is 10.1 Å². The molecule has 0 fully saturated rings. The van der Waals surface area contributed by atoms with Crippen molar-refractivity contribution in [2.75, 3.05) is 0 Å². The number of hydrogen-bond acceptors (Lipinski definition) is 4. The first-order valence-electron chi connectivity index (χ1n) is 7.73. The van der Waals surface area contributed by atoms with Crippen LogP contribution in [0.2, 0.25) is 0 Å². The zero-order valence-electron chi connectivity index (χ0n) is 14.1. The second-order valence-electron chi connectivity index (χ2n) is 6.27. The third-order valence-corrected chi connectivity index (χ3v) is 3.65. The van der Waals surface area contributed by atoms with Crippen LogP contribution in [-0.4, -0.2) is 25.7 Å². The van der Waals surface area contributed by atoms with Crippen molar-refractivity contribution in [2.24, 2.45) is 0 Å². The van der Waals surface area contributed by atoms with E-state index >= 15 is 0 Å². The van der Waals surface area contributed by atoms with E-state index in [0.29, 0.717) is 27.9 Å². The van der Waals surface area contributed by atoms with Gasteiger partial charge in [0.15, 0.2) is 0 Å². The first-order valence-corrected chi connectivity index (χ1v) is 7.73. The summed E-state index contributed by atoms with van der Waals surface area (Å²) < 4.78 is 0. The fourth-order valence-corrected chi connectivity index (χ4v) is 2.55. The van der Waals surface area contributed by atoms with Gasteiger partial charge in [0, 0.05) is 16.8 Å². The van der Waals surface area contributed by atoms with Gasteiger partial charge in [-0.15, -0.1) is 0 Å². The number of aliphatic hydroxyl groups is 1. The molecule has 0 aliphatic carbocycles. The summed E-state index contributed by atoms with van der Waals surface area (Å²) in [6.07, 6.45) is 0. The first-order chi connectivity index (χ1) is 11.7. The molecule has 25 heavy (non-hydrogen) atoms. The predicted octanol–water partition coefficient (Wildman–Crippen LogP) is 1.71. The summed E-state index contributed by atoms with van der Waals surface area (Å²) in [5.41, 5.74) is 1.14. The van der Waals surface area contributed by atoms with Crippen LogP contribution < -0.4 is 11.2 Å². The van der Waals surface area contributed by atoms with Crippen LogP contribution in [0.3, 0.4) is 0 Å². The van der Waals surface area contributed by atoms with Crippen LogP contribution in [0.4, 0.5) is 0 Å². The van der Waals surface area contributed by atoms with Crippen LogP contribution in [0.15, 0.2) is 39.9 Å². The van der Waals surface area contributed by atoms with E-state index in [1.807, 2.05) is 19.1 Å². The molecule has 0 spiro atoms. The summed E-state index contributed by atoms with van der Waals surface area (Å²) in [6, 6.07) is 8.81. The van der Waals surface area contributed by atoms with Gasteiger partial charge in [-0.2, -0.15) is 0 Å². The number of rotatable bonds is 1. The van der Waals surface area contributed by atoms with Gasteiger partial charge in [-0.1, -0.05) is 18.1 Å². The van der Waals surface area contributed by atoms with E-state index in [4.69, 9.17) is 0 Å². The van der Waals surface area contributed by atoms with Crippen molar-refractivity contribution in [3.8, 4) is 23.0 Å². The number of nitrogens with zero attached hydrogens (tertiary/aromatic N) is 1. The normalized spacial score (nSPS) is 11.2. The number of hydrogen-bond donors (Lipinski definition) is 3. The van der Waals surface area contributed by atoms with E-state index in [0.717, 1.165) is 5.56 Å². The molecule has 1 aromatic carbocycles. The number of aromatic amines is 2. The highest BCUT2D eigenvalue weighted by molar-refractivity contribution is 5.93. The molecular formula is C19H17N3O3. The van der Waals surface area contributed by atoms with E-state index in [1.165, 1.54) is 0 Å². The number of aromatic nitrogens is 3. The summed E-state index contributed by atoms with van der Waals surface area (Å²) in [5, 5.41) is 10.1. The number of para-hydroxylation sites is 1. The Morgan fingerprint density at radius 2 is 1.84 bits per heavy atom. The van der Waals surface area contributed by atoms with Crippen LogP contribution in [0.5, 0.6) is 0 Å². The van der Waals surface area contributed by atoms with Crippen molar-refractivity contribution in [2.45, 2.75) is 26.4 Å². The number of nitrogens with one attached hydrogen (secondary N) is 2. The van der Waals surface area contributed by atoms with Crippen molar-refractivity contribution in [1.82, 2.24) is 15.0 Å². The Hall–Kier alpha value is -3.17. The summed E-state index contributed by atoms with van der Waals surface area (Å²) in [6.45, 7) is 5.03. The van der Waals surface area contributed by atoms with Crippen LogP contribution in [0.25, 0.3) is 22.0 Å². The Kier molecular flexibility index (Phi) is 4.03. The maximum absolute atomic E-state index is 12.0. The van der Waals surface area contributed by atoms with E-state index in [9.17, 15) is 14.7 Å². The Morgan fingerprint density at radius 3 is 2.52 bits per heavy atom. The second-order valence-corrected chi connectivity index (χ2v) is 6.27. The topological polar surface area (TPSA) is 98.8 Å². The van der Waals surface area contributed by atoms with Crippen molar-refractivity contribution in [3.05, 3.63) is 62.6 Å². The summed E-state index contributed by atoms with van der Waals surface area (Å²) in [5.74, 6) is 5.55. The molecule has 0 amide bonds. The molecule has 2 aromatic heterocycles. The lowest BCUT2D eigenvalue weighted by molar-refractivity contribution is 0.143. The van der Waals surface area contributed by atoms with E-state index < -0.39 is 16.9 Å². The lowest BCUT2D eigenvalue weighted by atomic mass is 10.0. The van der Waals surface area contributed by atoms with Crippen LogP contribution in [0.1, 0.15) is 25.2 Å². The van der Waals surface area contributed by atoms with Gasteiger partial charge in [-0.3, -0.25) is 9.78 Å². The zero-order valence-corrected chi connectivity index (χ0v) is 14.1. The smallest absolute Gasteiger partial charge is 0.326 e. The highest BCUT2D eigenvalue weighted by atomic mass is 16.3. The second kappa shape index (κ2) is 6.04. The largest absolute Gasteiger partial charge is 0.378 e. The Balaban J connectivity index is 2.18. The molecule has 6 nitrogen and oxygen atoms in total. The molecule has 3 aromatic rings. The molecule has 0 aliphatic heterocycles. The lowest BCUT2D eigenvalue weighted by Crippen LogP contribution is -2.22. The van der Waals surface area contributed by atoms with Crippen molar-refractivity contribution < 1.29 is 5.11 Å². The number of H-pyrrole nitrogens is 2. The van der Waals surface area contributed by atoms with Crippen LogP contribution in [0, 0.1) is 18.8 Å². The molecular weight excluding hydrogens is 318 g/mol. The minimum absolute atomic E-state index is 0.405. The molecule has 0 aliphatic rings. The predicted molar refractivity (Wildman–Crippen MR) is 96.3 cm³/mol. The SMILES string of the molecule is Cc1nc(C#CC(C)(C)O)ccc1-c1cccc2c(=O)[nH]c(=O)[nH]c12. The average Bonchev–Trinajstić information content (AvgIpc) is 2.52. The third-order valence-electron chi connectivity index (χ3n) is 3.65. The van der Waals surface area contributed by atoms with Gasteiger partial charge in [-0.05, 0) is 44.9 Å². The van der Waals surface area contributed by atoms with Gasteiger partial charge >= 0.3 is 5.69 Å². The summed E-state index contributed by atoms with van der Waals surface area (Å²) in [4.78, 5) is 33.0.